The summed E-state index contributed by atoms with van der Waals surface area (Å²) < 4.78 is 3.10. The molecule has 0 spiro atoms. The first-order chi connectivity index (χ1) is 11.6. The number of benzene rings is 1. The summed E-state index contributed by atoms with van der Waals surface area (Å²) in [6.07, 6.45) is 2.99. The average molecular weight is 328 g/mol. The Morgan fingerprint density at radius 1 is 1.08 bits per heavy atom. The van der Waals surface area contributed by atoms with Crippen molar-refractivity contribution < 1.29 is 9.59 Å². The van der Waals surface area contributed by atoms with Gasteiger partial charge in [-0.15, -0.1) is 0 Å². The predicted molar refractivity (Wildman–Crippen MR) is 90.0 cm³/mol. The van der Waals surface area contributed by atoms with E-state index in [1.54, 1.807) is 11.6 Å². The van der Waals surface area contributed by atoms with Crippen LogP contribution >= 0.6 is 0 Å². The molecule has 2 saturated heterocycles. The summed E-state index contributed by atoms with van der Waals surface area (Å²) in [5.74, 6) is -0.676. The number of aryl methyl sites for hydroxylation is 1. The van der Waals surface area contributed by atoms with E-state index >= 15 is 0 Å². The number of rotatable bonds is 2. The highest BCUT2D eigenvalue weighted by Gasteiger charge is 2.31. The summed E-state index contributed by atoms with van der Waals surface area (Å²) in [4.78, 5) is 38.6. The molecule has 0 saturated carbocycles. The van der Waals surface area contributed by atoms with E-state index in [0.717, 1.165) is 29.8 Å². The maximum Gasteiger partial charge on any atom is 0.329 e. The second kappa shape index (κ2) is 5.51. The van der Waals surface area contributed by atoms with Crippen molar-refractivity contribution in [3.05, 3.63) is 28.7 Å². The fraction of sp³-hybridized carbons (Fsp3) is 0.471. The second-order valence-corrected chi connectivity index (χ2v) is 6.55. The van der Waals surface area contributed by atoms with Crippen LogP contribution in [0.5, 0.6) is 0 Å². The smallest absolute Gasteiger partial charge is 0.329 e. The normalized spacial score (nSPS) is 21.5. The second-order valence-electron chi connectivity index (χ2n) is 6.55. The van der Waals surface area contributed by atoms with Gasteiger partial charge in [-0.05, 0) is 37.5 Å². The highest BCUT2D eigenvalue weighted by Crippen LogP contribution is 2.27. The third-order valence-corrected chi connectivity index (χ3v) is 5.07. The van der Waals surface area contributed by atoms with E-state index < -0.39 is 11.9 Å². The van der Waals surface area contributed by atoms with E-state index in [9.17, 15) is 14.4 Å². The van der Waals surface area contributed by atoms with Crippen LogP contribution in [0, 0.1) is 0 Å². The molecule has 1 aromatic carbocycles. The lowest BCUT2D eigenvalue weighted by Crippen LogP contribution is -2.44. The standard InChI is InChI=1S/C17H20N4O3/c1-19-14-10-11(20-8-2-3-9-20)4-5-12(14)21(17(19)24)13-6-7-15(22)18-16(13)23/h4-5,10,13H,2-3,6-9H2,1H3,(H,18,22,23)/t13-/m1/s1. The molecule has 2 aliphatic heterocycles. The van der Waals surface area contributed by atoms with Crippen molar-refractivity contribution >= 4 is 28.5 Å². The van der Waals surface area contributed by atoms with E-state index in [0.29, 0.717) is 6.42 Å². The van der Waals surface area contributed by atoms with Gasteiger partial charge in [0.1, 0.15) is 6.04 Å². The number of nitrogens with one attached hydrogen (secondary N) is 1. The Kier molecular flexibility index (Phi) is 3.44. The van der Waals surface area contributed by atoms with Gasteiger partial charge in [0, 0.05) is 32.2 Å². The summed E-state index contributed by atoms with van der Waals surface area (Å²) in [6.45, 7) is 2.07. The minimum atomic E-state index is -0.628. The Morgan fingerprint density at radius 2 is 1.83 bits per heavy atom. The monoisotopic (exact) mass is 328 g/mol. The van der Waals surface area contributed by atoms with Crippen LogP contribution in [0.15, 0.2) is 23.0 Å². The highest BCUT2D eigenvalue weighted by molar-refractivity contribution is 6.00. The van der Waals surface area contributed by atoms with Gasteiger partial charge in [0.25, 0.3) is 0 Å². The number of aromatic nitrogens is 2. The first-order valence-corrected chi connectivity index (χ1v) is 8.36. The number of anilines is 1. The number of hydrogen-bond donors (Lipinski definition) is 1. The van der Waals surface area contributed by atoms with Crippen LogP contribution in [0.2, 0.25) is 0 Å². The molecule has 1 atom stereocenters. The number of carbonyl (C=O) groups is 2. The van der Waals surface area contributed by atoms with Crippen LogP contribution in [-0.2, 0) is 16.6 Å². The quantitative estimate of drug-likeness (QED) is 0.832. The summed E-state index contributed by atoms with van der Waals surface area (Å²) in [7, 11) is 1.72. The van der Waals surface area contributed by atoms with Gasteiger partial charge in [-0.2, -0.15) is 0 Å². The van der Waals surface area contributed by atoms with Crippen molar-refractivity contribution in [2.24, 2.45) is 7.05 Å². The van der Waals surface area contributed by atoms with Crippen LogP contribution in [0.4, 0.5) is 5.69 Å². The fourth-order valence-electron chi connectivity index (χ4n) is 3.75. The summed E-state index contributed by atoms with van der Waals surface area (Å²) >= 11 is 0. The first kappa shape index (κ1) is 15.0. The first-order valence-electron chi connectivity index (χ1n) is 8.36. The molecule has 4 rings (SSSR count). The van der Waals surface area contributed by atoms with Gasteiger partial charge in [0.05, 0.1) is 11.0 Å². The van der Waals surface area contributed by atoms with Crippen molar-refractivity contribution in [3.63, 3.8) is 0 Å². The molecule has 0 aliphatic carbocycles. The van der Waals surface area contributed by atoms with Gasteiger partial charge in [-0.3, -0.25) is 24.0 Å². The van der Waals surface area contributed by atoms with Gasteiger partial charge < -0.3 is 4.90 Å². The topological polar surface area (TPSA) is 76.3 Å². The summed E-state index contributed by atoms with van der Waals surface area (Å²) in [6, 6.07) is 5.31. The van der Waals surface area contributed by atoms with Crippen LogP contribution in [0.1, 0.15) is 31.7 Å². The number of hydrogen-bond acceptors (Lipinski definition) is 4. The molecule has 0 unspecified atom stereocenters. The van der Waals surface area contributed by atoms with E-state index in [1.807, 2.05) is 18.2 Å². The summed E-state index contributed by atoms with van der Waals surface area (Å²) in [5.41, 5.74) is 2.43. The highest BCUT2D eigenvalue weighted by atomic mass is 16.2. The Bertz CT molecular complexity index is 889. The minimum Gasteiger partial charge on any atom is -0.371 e. The number of fused-ring (bicyclic) bond motifs is 1. The van der Waals surface area contributed by atoms with Crippen molar-refractivity contribution in [2.75, 3.05) is 18.0 Å². The van der Waals surface area contributed by atoms with Crippen LogP contribution in [0.25, 0.3) is 11.0 Å². The van der Waals surface area contributed by atoms with Crippen LogP contribution < -0.4 is 15.9 Å². The molecule has 1 aromatic heterocycles. The largest absolute Gasteiger partial charge is 0.371 e. The number of nitrogens with zero attached hydrogens (tertiary/aromatic N) is 3. The zero-order valence-electron chi connectivity index (χ0n) is 13.6. The lowest BCUT2D eigenvalue weighted by Gasteiger charge is -2.22. The molecule has 0 radical (unpaired) electrons. The molecule has 2 aliphatic rings. The molecule has 7 heteroatoms. The molecule has 2 fully saturated rings. The van der Waals surface area contributed by atoms with Crippen molar-refractivity contribution in [1.82, 2.24) is 14.5 Å². The van der Waals surface area contributed by atoms with E-state index in [-0.39, 0.29) is 18.0 Å². The van der Waals surface area contributed by atoms with Gasteiger partial charge in [-0.25, -0.2) is 4.79 Å². The van der Waals surface area contributed by atoms with E-state index in [1.165, 1.54) is 17.4 Å². The average Bonchev–Trinajstić information content (AvgIpc) is 3.17. The zero-order valence-corrected chi connectivity index (χ0v) is 13.6. The van der Waals surface area contributed by atoms with E-state index in [4.69, 9.17) is 0 Å². The SMILES string of the molecule is Cn1c(=O)n([C@@H]2CCC(=O)NC2=O)c2ccc(N3CCCC3)cc21. The van der Waals surface area contributed by atoms with Gasteiger partial charge in [0.15, 0.2) is 0 Å². The molecule has 1 N–H and O–H groups in total. The Labute approximate surface area is 138 Å². The third kappa shape index (κ3) is 2.23. The molecular formula is C17H20N4O3. The number of amides is 2. The molecule has 0 bridgehead atoms. The third-order valence-electron chi connectivity index (χ3n) is 5.07. The lowest BCUT2D eigenvalue weighted by atomic mass is 10.1. The molecule has 2 amide bonds. The number of piperidine rings is 1. The maximum atomic E-state index is 12.7. The summed E-state index contributed by atoms with van der Waals surface area (Å²) in [5, 5.41) is 2.33. The van der Waals surface area contributed by atoms with Crippen molar-refractivity contribution in [2.45, 2.75) is 31.7 Å². The van der Waals surface area contributed by atoms with Crippen LogP contribution in [0.3, 0.4) is 0 Å². The number of carbonyl (C=O) groups excluding carboxylic acids is 2. The van der Waals surface area contributed by atoms with Crippen molar-refractivity contribution in [3.8, 4) is 0 Å². The maximum absolute atomic E-state index is 12.7. The zero-order chi connectivity index (χ0) is 16.8. The van der Waals surface area contributed by atoms with Crippen LogP contribution in [-0.4, -0.2) is 34.0 Å². The molecule has 7 nitrogen and oxygen atoms in total. The molecule has 3 heterocycles. The minimum absolute atomic E-state index is 0.224. The molecular weight excluding hydrogens is 308 g/mol. The van der Waals surface area contributed by atoms with Gasteiger partial charge >= 0.3 is 5.69 Å². The molecule has 24 heavy (non-hydrogen) atoms. The predicted octanol–water partition coefficient (Wildman–Crippen LogP) is 0.918. The lowest BCUT2D eigenvalue weighted by molar-refractivity contribution is -0.135. The Balaban J connectivity index is 1.82. The van der Waals surface area contributed by atoms with E-state index in [2.05, 4.69) is 10.2 Å². The number of imide groups is 1. The fourth-order valence-corrected chi connectivity index (χ4v) is 3.75. The molecule has 126 valence electrons. The Morgan fingerprint density at radius 3 is 2.54 bits per heavy atom. The Hall–Kier alpha value is -2.57. The van der Waals surface area contributed by atoms with Gasteiger partial charge in [0.2, 0.25) is 11.8 Å². The number of imidazole rings is 1. The molecule has 2 aromatic rings. The van der Waals surface area contributed by atoms with Crippen molar-refractivity contribution in [1.29, 1.82) is 0 Å². The van der Waals surface area contributed by atoms with Gasteiger partial charge in [-0.1, -0.05) is 0 Å².